The average Bonchev–Trinajstić information content (AvgIpc) is 3.30. The van der Waals surface area contributed by atoms with Crippen LogP contribution in [0.4, 0.5) is 5.69 Å². The zero-order valence-electron chi connectivity index (χ0n) is 18.4. The van der Waals surface area contributed by atoms with Crippen molar-refractivity contribution >= 4 is 34.8 Å². The van der Waals surface area contributed by atoms with Gasteiger partial charge in [-0.05, 0) is 67.4 Å². The van der Waals surface area contributed by atoms with Gasteiger partial charge in [-0.2, -0.15) is 0 Å². The second-order valence-electron chi connectivity index (χ2n) is 8.03. The Labute approximate surface area is 193 Å². The maximum Gasteiger partial charge on any atom is 0.257 e. The molecule has 3 rings (SSSR count). The number of benzene rings is 2. The molecule has 0 bridgehead atoms. The number of carbonyl (C=O) groups is 2. The molecule has 0 aromatic heterocycles. The summed E-state index contributed by atoms with van der Waals surface area (Å²) < 4.78 is 11.2. The predicted octanol–water partition coefficient (Wildman–Crippen LogP) is 3.76. The van der Waals surface area contributed by atoms with Crippen molar-refractivity contribution in [3.63, 3.8) is 0 Å². The molecule has 2 aromatic rings. The van der Waals surface area contributed by atoms with E-state index in [1.54, 1.807) is 48.5 Å². The number of rotatable bonds is 8. The lowest BCUT2D eigenvalue weighted by atomic mass is 10.1. The van der Waals surface area contributed by atoms with E-state index in [4.69, 9.17) is 21.7 Å². The molecule has 1 heterocycles. The highest BCUT2D eigenvalue weighted by Crippen LogP contribution is 2.17. The lowest BCUT2D eigenvalue weighted by Gasteiger charge is -2.15. The lowest BCUT2D eigenvalue weighted by Crippen LogP contribution is -2.35. The number of amides is 2. The fraction of sp³-hybridized carbons (Fsp3) is 0.375. The van der Waals surface area contributed by atoms with Gasteiger partial charge in [-0.1, -0.05) is 26.0 Å². The van der Waals surface area contributed by atoms with Gasteiger partial charge in [0.25, 0.3) is 11.8 Å². The zero-order chi connectivity index (χ0) is 22.9. The SMILES string of the molecule is CC(C)COc1ccc(C(=O)NC(=S)Nc2ccccc2C(=O)NC[C@H]2CCCO2)cc1. The average molecular weight is 456 g/mol. The van der Waals surface area contributed by atoms with Crippen LogP contribution in [0, 0.1) is 5.92 Å². The van der Waals surface area contributed by atoms with Crippen LogP contribution in [0.3, 0.4) is 0 Å². The molecule has 0 saturated carbocycles. The van der Waals surface area contributed by atoms with E-state index < -0.39 is 0 Å². The summed E-state index contributed by atoms with van der Waals surface area (Å²) in [4.78, 5) is 25.1. The van der Waals surface area contributed by atoms with Gasteiger partial charge in [0.1, 0.15) is 5.75 Å². The normalized spacial score (nSPS) is 15.3. The van der Waals surface area contributed by atoms with Crippen LogP contribution in [-0.4, -0.2) is 42.8 Å². The summed E-state index contributed by atoms with van der Waals surface area (Å²) in [7, 11) is 0. The first kappa shape index (κ1) is 23.7. The van der Waals surface area contributed by atoms with Crippen molar-refractivity contribution in [2.75, 3.05) is 25.1 Å². The van der Waals surface area contributed by atoms with E-state index in [2.05, 4.69) is 29.8 Å². The van der Waals surface area contributed by atoms with Gasteiger partial charge in [0.05, 0.1) is 24.0 Å². The van der Waals surface area contributed by atoms with Crippen LogP contribution in [0.15, 0.2) is 48.5 Å². The first-order valence-corrected chi connectivity index (χ1v) is 11.2. The monoisotopic (exact) mass is 455 g/mol. The van der Waals surface area contributed by atoms with Crippen LogP contribution in [-0.2, 0) is 4.74 Å². The fourth-order valence-electron chi connectivity index (χ4n) is 3.19. The molecule has 170 valence electrons. The minimum atomic E-state index is -0.349. The molecule has 0 aliphatic carbocycles. The molecule has 2 aromatic carbocycles. The lowest BCUT2D eigenvalue weighted by molar-refractivity contribution is 0.0858. The Morgan fingerprint density at radius 1 is 1.12 bits per heavy atom. The van der Waals surface area contributed by atoms with Gasteiger partial charge in [0, 0.05) is 18.7 Å². The Hall–Kier alpha value is -2.97. The number of thiocarbonyl (C=S) groups is 1. The van der Waals surface area contributed by atoms with Crippen LogP contribution in [0.25, 0.3) is 0 Å². The highest BCUT2D eigenvalue weighted by molar-refractivity contribution is 7.80. The van der Waals surface area contributed by atoms with Crippen molar-refractivity contribution in [1.29, 1.82) is 0 Å². The van der Waals surface area contributed by atoms with Crippen LogP contribution in [0.1, 0.15) is 47.4 Å². The van der Waals surface area contributed by atoms with E-state index in [9.17, 15) is 9.59 Å². The Morgan fingerprint density at radius 3 is 2.56 bits per heavy atom. The fourth-order valence-corrected chi connectivity index (χ4v) is 3.39. The zero-order valence-corrected chi connectivity index (χ0v) is 19.2. The smallest absolute Gasteiger partial charge is 0.257 e. The molecule has 1 aliphatic rings. The second-order valence-corrected chi connectivity index (χ2v) is 8.44. The van der Waals surface area contributed by atoms with Crippen LogP contribution in [0.2, 0.25) is 0 Å². The van der Waals surface area contributed by atoms with Gasteiger partial charge >= 0.3 is 0 Å². The predicted molar refractivity (Wildman–Crippen MR) is 128 cm³/mol. The Morgan fingerprint density at radius 2 is 1.88 bits per heavy atom. The molecule has 3 N–H and O–H groups in total. The molecule has 8 heteroatoms. The van der Waals surface area contributed by atoms with Crippen molar-refractivity contribution in [3.8, 4) is 5.75 Å². The third-order valence-electron chi connectivity index (χ3n) is 4.86. The van der Waals surface area contributed by atoms with Crippen molar-refractivity contribution in [1.82, 2.24) is 10.6 Å². The number of hydrogen-bond donors (Lipinski definition) is 3. The van der Waals surface area contributed by atoms with Gasteiger partial charge in [-0.3, -0.25) is 14.9 Å². The summed E-state index contributed by atoms with van der Waals surface area (Å²) in [5.41, 5.74) is 1.41. The van der Waals surface area contributed by atoms with Gasteiger partial charge in [-0.25, -0.2) is 0 Å². The quantitative estimate of drug-likeness (QED) is 0.526. The summed E-state index contributed by atoms with van der Waals surface area (Å²) in [6, 6.07) is 13.9. The number of carbonyl (C=O) groups excluding carboxylic acids is 2. The van der Waals surface area contributed by atoms with Crippen LogP contribution in [0.5, 0.6) is 5.75 Å². The Kier molecular flexibility index (Phi) is 8.58. The number of anilines is 1. The maximum absolute atomic E-state index is 12.6. The summed E-state index contributed by atoms with van der Waals surface area (Å²) in [5.74, 6) is 0.550. The van der Waals surface area contributed by atoms with E-state index in [1.807, 2.05) is 0 Å². The van der Waals surface area contributed by atoms with Crippen LogP contribution >= 0.6 is 12.2 Å². The van der Waals surface area contributed by atoms with Gasteiger partial charge in [0.15, 0.2) is 5.11 Å². The molecule has 0 radical (unpaired) electrons. The third-order valence-corrected chi connectivity index (χ3v) is 5.07. The topological polar surface area (TPSA) is 88.7 Å². The first-order chi connectivity index (χ1) is 15.4. The number of nitrogens with one attached hydrogen (secondary N) is 3. The number of hydrogen-bond acceptors (Lipinski definition) is 5. The van der Waals surface area contributed by atoms with Crippen LogP contribution < -0.4 is 20.7 Å². The van der Waals surface area contributed by atoms with E-state index >= 15 is 0 Å². The minimum absolute atomic E-state index is 0.0570. The minimum Gasteiger partial charge on any atom is -0.493 e. The number of ether oxygens (including phenoxy) is 2. The largest absolute Gasteiger partial charge is 0.493 e. The van der Waals surface area contributed by atoms with Crippen molar-refractivity contribution < 1.29 is 19.1 Å². The van der Waals surface area contributed by atoms with Crippen molar-refractivity contribution in [3.05, 3.63) is 59.7 Å². The summed E-state index contributed by atoms with van der Waals surface area (Å²) in [6.07, 6.45) is 2.02. The Bertz CT molecular complexity index is 941. The van der Waals surface area contributed by atoms with E-state index in [0.717, 1.165) is 19.4 Å². The van der Waals surface area contributed by atoms with Crippen molar-refractivity contribution in [2.24, 2.45) is 5.92 Å². The first-order valence-electron chi connectivity index (χ1n) is 10.8. The highest BCUT2D eigenvalue weighted by atomic mass is 32.1. The second kappa shape index (κ2) is 11.6. The molecule has 0 spiro atoms. The molecule has 2 amide bonds. The van der Waals surface area contributed by atoms with E-state index in [0.29, 0.717) is 41.6 Å². The summed E-state index contributed by atoms with van der Waals surface area (Å²) in [6.45, 7) is 5.95. The molecular weight excluding hydrogens is 426 g/mol. The summed E-state index contributed by atoms with van der Waals surface area (Å²) >= 11 is 5.29. The highest BCUT2D eigenvalue weighted by Gasteiger charge is 2.18. The molecule has 1 fully saturated rings. The van der Waals surface area contributed by atoms with Crippen molar-refractivity contribution in [2.45, 2.75) is 32.8 Å². The molecule has 32 heavy (non-hydrogen) atoms. The molecular formula is C24H29N3O4S. The molecule has 1 aliphatic heterocycles. The maximum atomic E-state index is 12.6. The van der Waals surface area contributed by atoms with E-state index in [1.165, 1.54) is 0 Å². The Balaban J connectivity index is 1.55. The van der Waals surface area contributed by atoms with Gasteiger partial charge in [0.2, 0.25) is 0 Å². The molecule has 1 saturated heterocycles. The molecule has 7 nitrogen and oxygen atoms in total. The summed E-state index contributed by atoms with van der Waals surface area (Å²) in [5, 5.41) is 8.60. The van der Waals surface area contributed by atoms with E-state index in [-0.39, 0.29) is 23.0 Å². The van der Waals surface area contributed by atoms with Gasteiger partial charge in [-0.15, -0.1) is 0 Å². The number of para-hydroxylation sites is 1. The molecule has 0 unspecified atom stereocenters. The van der Waals surface area contributed by atoms with Gasteiger partial charge < -0.3 is 20.1 Å². The third kappa shape index (κ3) is 7.03. The standard InChI is InChI=1S/C24H29N3O4S/c1-16(2)15-31-18-11-9-17(10-12-18)22(28)27-24(32)26-21-8-4-3-7-20(21)23(29)25-14-19-6-5-13-30-19/h3-4,7-12,16,19H,5-6,13-15H2,1-2H3,(H,25,29)(H2,26,27,28,32)/t19-/m1/s1. The molecule has 1 atom stereocenters.